The Hall–Kier alpha value is -1.05. The summed E-state index contributed by atoms with van der Waals surface area (Å²) in [6.07, 6.45) is 0. The Labute approximate surface area is 218 Å². The second-order valence-corrected chi connectivity index (χ2v) is 12.0. The highest BCUT2D eigenvalue weighted by Crippen LogP contribution is 2.51. The summed E-state index contributed by atoms with van der Waals surface area (Å²) in [4.78, 5) is 16.0. The summed E-state index contributed by atoms with van der Waals surface area (Å²) in [6.45, 7) is 0. The molecule has 30 heavy (non-hydrogen) atoms. The average Bonchev–Trinajstić information content (AvgIpc) is 3.19. The first-order valence-corrected chi connectivity index (χ1v) is 13.5. The van der Waals surface area contributed by atoms with E-state index >= 15 is 0 Å². The highest BCUT2D eigenvalue weighted by molar-refractivity contribution is 14.1. The van der Waals surface area contributed by atoms with Gasteiger partial charge < -0.3 is 9.15 Å². The lowest BCUT2D eigenvalue weighted by Crippen LogP contribution is -2.07. The van der Waals surface area contributed by atoms with Gasteiger partial charge in [0.2, 0.25) is 5.76 Å². The van der Waals surface area contributed by atoms with E-state index in [9.17, 15) is 4.79 Å². The van der Waals surface area contributed by atoms with E-state index in [0.29, 0.717) is 9.52 Å². The van der Waals surface area contributed by atoms with Crippen LogP contribution in [-0.4, -0.2) is 5.97 Å². The number of thiol groups is 1. The van der Waals surface area contributed by atoms with Crippen LogP contribution in [0, 0.1) is 10.9 Å². The zero-order valence-corrected chi connectivity index (χ0v) is 22.8. The molecule has 0 amide bonds. The molecule has 152 valence electrons. The number of furan rings is 1. The molecule has 0 bridgehead atoms. The van der Waals surface area contributed by atoms with Crippen molar-refractivity contribution in [1.29, 1.82) is 0 Å². The monoisotopic (exact) mass is 752 g/mol. The highest BCUT2D eigenvalue weighted by atomic mass is 127. The van der Waals surface area contributed by atoms with E-state index in [4.69, 9.17) is 9.15 Å². The minimum absolute atomic E-state index is 0.198. The lowest BCUT2D eigenvalue weighted by atomic mass is 10.3. The van der Waals surface area contributed by atoms with Crippen molar-refractivity contribution in [1.82, 2.24) is 0 Å². The molecule has 0 saturated heterocycles. The van der Waals surface area contributed by atoms with Crippen LogP contribution in [0.2, 0.25) is 0 Å². The second-order valence-electron chi connectivity index (χ2n) is 6.28. The third kappa shape index (κ3) is 5.40. The molecule has 0 fully saturated rings. The number of benzene rings is 3. The van der Waals surface area contributed by atoms with Gasteiger partial charge in [-0.3, -0.25) is 0 Å². The van der Waals surface area contributed by atoms with Crippen molar-refractivity contribution in [3.8, 4) is 5.75 Å². The Morgan fingerprint density at radius 1 is 0.667 bits per heavy atom. The van der Waals surface area contributed by atoms with Crippen molar-refractivity contribution in [2.75, 3.05) is 0 Å². The molecule has 3 aromatic carbocycles. The standard InChI is InChI=1S/C23H15I3O3S/c24-15-1-7-18(8-2-15)30(19-9-3-16(25)4-10-19)20-11-5-17(6-12-20)28-23(27)21-13-14-22(26)29-21/h1-14,30H. The molecule has 0 atom stereocenters. The first-order chi connectivity index (χ1) is 14.5. The molecule has 0 aliphatic rings. The van der Waals surface area contributed by atoms with Crippen LogP contribution >= 0.6 is 78.7 Å². The van der Waals surface area contributed by atoms with Crippen LogP contribution in [0.1, 0.15) is 10.6 Å². The zero-order valence-electron chi connectivity index (χ0n) is 15.4. The van der Waals surface area contributed by atoms with E-state index in [1.165, 1.54) is 21.8 Å². The molecule has 0 spiro atoms. The quantitative estimate of drug-likeness (QED) is 0.0981. The van der Waals surface area contributed by atoms with Crippen molar-refractivity contribution in [2.24, 2.45) is 0 Å². The van der Waals surface area contributed by atoms with Gasteiger partial charge in [-0.1, -0.05) is 0 Å². The van der Waals surface area contributed by atoms with Crippen LogP contribution in [0.15, 0.2) is 104 Å². The summed E-state index contributed by atoms with van der Waals surface area (Å²) in [5, 5.41) is 0. The number of carbonyl (C=O) groups is 1. The van der Waals surface area contributed by atoms with Crippen molar-refractivity contribution < 1.29 is 13.9 Å². The predicted octanol–water partition coefficient (Wildman–Crippen LogP) is 7.79. The van der Waals surface area contributed by atoms with Crippen LogP contribution in [0.25, 0.3) is 0 Å². The molecule has 0 N–H and O–H groups in total. The van der Waals surface area contributed by atoms with Crippen molar-refractivity contribution in [3.05, 3.63) is 102 Å². The number of rotatable bonds is 5. The van der Waals surface area contributed by atoms with E-state index < -0.39 is 16.9 Å². The van der Waals surface area contributed by atoms with Gasteiger partial charge in [0.15, 0.2) is 3.77 Å². The zero-order chi connectivity index (χ0) is 21.1. The Morgan fingerprint density at radius 2 is 1.13 bits per heavy atom. The fourth-order valence-corrected chi connectivity index (χ4v) is 6.24. The molecule has 4 aromatic rings. The number of ether oxygens (including phenoxy) is 1. The Kier molecular flexibility index (Phi) is 7.42. The van der Waals surface area contributed by atoms with Crippen LogP contribution in [0.4, 0.5) is 0 Å². The molecular formula is C23H15I3O3S. The molecular weight excluding hydrogens is 737 g/mol. The summed E-state index contributed by atoms with van der Waals surface area (Å²) in [5.74, 6) is 0.196. The van der Waals surface area contributed by atoms with Crippen molar-refractivity contribution in [3.63, 3.8) is 0 Å². The van der Waals surface area contributed by atoms with E-state index in [0.717, 1.165) is 0 Å². The van der Waals surface area contributed by atoms with E-state index in [2.05, 4.69) is 93.7 Å². The second kappa shape index (κ2) is 10.0. The lowest BCUT2D eigenvalue weighted by Gasteiger charge is -2.23. The maximum absolute atomic E-state index is 12.2. The van der Waals surface area contributed by atoms with Gasteiger partial charge in [0.05, 0.1) is 0 Å². The molecule has 0 saturated carbocycles. The summed E-state index contributed by atoms with van der Waals surface area (Å²) in [7, 11) is -0.711. The minimum Gasteiger partial charge on any atom is -0.443 e. The molecule has 1 heterocycles. The van der Waals surface area contributed by atoms with Gasteiger partial charge in [-0.2, -0.15) is 10.9 Å². The number of hydrogen-bond donors (Lipinski definition) is 1. The third-order valence-electron chi connectivity index (χ3n) is 4.25. The number of esters is 1. The van der Waals surface area contributed by atoms with Crippen LogP contribution in [0.3, 0.4) is 0 Å². The summed E-state index contributed by atoms with van der Waals surface area (Å²) in [6, 6.07) is 28.4. The van der Waals surface area contributed by atoms with Gasteiger partial charge in [0.1, 0.15) is 5.75 Å². The van der Waals surface area contributed by atoms with Crippen molar-refractivity contribution in [2.45, 2.75) is 14.7 Å². The fourth-order valence-electron chi connectivity index (χ4n) is 2.87. The van der Waals surface area contributed by atoms with E-state index in [1.54, 1.807) is 12.1 Å². The SMILES string of the molecule is O=C(Oc1ccc([SH](c2ccc(I)cc2)c2ccc(I)cc2)cc1)c1ccc(I)o1. The number of carbonyl (C=O) groups excluding carboxylic acids is 1. The molecule has 0 aliphatic carbocycles. The molecule has 0 radical (unpaired) electrons. The van der Waals surface area contributed by atoms with Gasteiger partial charge >= 0.3 is 5.97 Å². The first-order valence-electron chi connectivity index (χ1n) is 8.88. The molecule has 0 unspecified atom stereocenters. The normalized spacial score (nSPS) is 11.2. The van der Waals surface area contributed by atoms with Crippen molar-refractivity contribution >= 4 is 84.6 Å². The van der Waals surface area contributed by atoms with Gasteiger partial charge in [0, 0.05) is 7.14 Å². The number of halogens is 3. The largest absolute Gasteiger partial charge is 0.443 e. The molecule has 0 aliphatic heterocycles. The predicted molar refractivity (Wildman–Crippen MR) is 145 cm³/mol. The van der Waals surface area contributed by atoms with Crippen LogP contribution in [-0.2, 0) is 0 Å². The van der Waals surface area contributed by atoms with Gasteiger partial charge in [-0.05, 0) is 167 Å². The smallest absolute Gasteiger partial charge is 0.379 e. The average molecular weight is 752 g/mol. The maximum Gasteiger partial charge on any atom is 0.379 e. The van der Waals surface area contributed by atoms with E-state index in [1.807, 2.05) is 46.9 Å². The van der Waals surface area contributed by atoms with Gasteiger partial charge in [0.25, 0.3) is 0 Å². The van der Waals surface area contributed by atoms with Gasteiger partial charge in [-0.25, -0.2) is 4.79 Å². The Balaban J connectivity index is 1.63. The highest BCUT2D eigenvalue weighted by Gasteiger charge is 2.16. The van der Waals surface area contributed by atoms with Crippen LogP contribution < -0.4 is 4.74 Å². The molecule has 3 nitrogen and oxygen atoms in total. The minimum atomic E-state index is -0.711. The summed E-state index contributed by atoms with van der Waals surface area (Å²) >= 11 is 6.67. The van der Waals surface area contributed by atoms with Crippen LogP contribution in [0.5, 0.6) is 5.75 Å². The Morgan fingerprint density at radius 3 is 1.57 bits per heavy atom. The molecule has 7 heteroatoms. The number of hydrogen-bond acceptors (Lipinski definition) is 3. The molecule has 1 aromatic heterocycles. The Bertz CT molecular complexity index is 1110. The summed E-state index contributed by atoms with van der Waals surface area (Å²) in [5.41, 5.74) is 0. The van der Waals surface area contributed by atoms with Gasteiger partial charge in [-0.15, -0.1) is 0 Å². The summed E-state index contributed by atoms with van der Waals surface area (Å²) < 4.78 is 13.9. The fraction of sp³-hybridized carbons (Fsp3) is 0. The first kappa shape index (κ1) is 22.2. The lowest BCUT2D eigenvalue weighted by molar-refractivity contribution is 0.0699. The maximum atomic E-state index is 12.2. The topological polar surface area (TPSA) is 39.4 Å². The third-order valence-corrected chi connectivity index (χ3v) is 8.71. The molecule has 4 rings (SSSR count). The van der Waals surface area contributed by atoms with E-state index in [-0.39, 0.29) is 5.76 Å².